The zero-order chi connectivity index (χ0) is 21.2. The smallest absolute Gasteiger partial charge is 0.220 e. The molecule has 1 aliphatic carbocycles. The molecular formula is C24H45N5O. The molecule has 0 unspecified atom stereocenters. The molecule has 6 nitrogen and oxygen atoms in total. The second-order valence-electron chi connectivity index (χ2n) is 9.90. The van der Waals surface area contributed by atoms with Crippen molar-refractivity contribution in [2.75, 3.05) is 45.8 Å². The second-order valence-corrected chi connectivity index (χ2v) is 9.90. The number of amides is 1. The Hall–Kier alpha value is -1.30. The fourth-order valence-corrected chi connectivity index (χ4v) is 5.77. The van der Waals surface area contributed by atoms with E-state index < -0.39 is 0 Å². The van der Waals surface area contributed by atoms with Crippen molar-refractivity contribution in [3.05, 3.63) is 0 Å². The van der Waals surface area contributed by atoms with E-state index in [1.54, 1.807) is 0 Å². The highest BCUT2D eigenvalue weighted by Gasteiger charge is 2.36. The Morgan fingerprint density at radius 1 is 1.03 bits per heavy atom. The number of primary amides is 1. The van der Waals surface area contributed by atoms with Crippen molar-refractivity contribution >= 4 is 11.9 Å². The van der Waals surface area contributed by atoms with E-state index in [0.717, 1.165) is 64.5 Å². The first-order chi connectivity index (χ1) is 14.6. The molecule has 2 heterocycles. The number of nitrogens with zero attached hydrogens (tertiary/aromatic N) is 3. The lowest BCUT2D eigenvalue weighted by Crippen LogP contribution is -2.50. The summed E-state index contributed by atoms with van der Waals surface area (Å²) in [4.78, 5) is 21.4. The first-order valence-electron chi connectivity index (χ1n) is 12.7. The summed E-state index contributed by atoms with van der Waals surface area (Å²) < 4.78 is 0. The number of rotatable bonds is 7. The molecular weight excluding hydrogens is 374 g/mol. The van der Waals surface area contributed by atoms with E-state index in [2.05, 4.69) is 22.0 Å². The maximum Gasteiger partial charge on any atom is 0.220 e. The van der Waals surface area contributed by atoms with E-state index >= 15 is 0 Å². The van der Waals surface area contributed by atoms with Crippen molar-refractivity contribution in [3.63, 3.8) is 0 Å². The van der Waals surface area contributed by atoms with Crippen LogP contribution < -0.4 is 11.1 Å². The van der Waals surface area contributed by atoms with Gasteiger partial charge in [-0.05, 0) is 83.3 Å². The molecule has 0 atom stereocenters. The monoisotopic (exact) mass is 419 g/mol. The summed E-state index contributed by atoms with van der Waals surface area (Å²) >= 11 is 0. The molecule has 172 valence electrons. The van der Waals surface area contributed by atoms with Crippen molar-refractivity contribution in [2.24, 2.45) is 22.1 Å². The zero-order valence-electron chi connectivity index (χ0n) is 19.3. The Bertz CT molecular complexity index is 548. The fourth-order valence-electron chi connectivity index (χ4n) is 5.77. The van der Waals surface area contributed by atoms with E-state index in [0.29, 0.717) is 5.41 Å². The number of guanidine groups is 1. The van der Waals surface area contributed by atoms with Gasteiger partial charge in [0.25, 0.3) is 0 Å². The Morgan fingerprint density at radius 3 is 2.40 bits per heavy atom. The third kappa shape index (κ3) is 6.86. The van der Waals surface area contributed by atoms with Crippen LogP contribution in [0.1, 0.15) is 84.0 Å². The molecule has 0 aromatic carbocycles. The van der Waals surface area contributed by atoms with E-state index in [1.165, 1.54) is 64.3 Å². The Labute approximate surface area is 184 Å². The van der Waals surface area contributed by atoms with Gasteiger partial charge in [0.2, 0.25) is 5.91 Å². The molecule has 30 heavy (non-hydrogen) atoms. The number of aliphatic imine (C=N–C) groups is 1. The van der Waals surface area contributed by atoms with Gasteiger partial charge in [0, 0.05) is 32.1 Å². The molecule has 3 fully saturated rings. The molecule has 0 aromatic rings. The number of likely N-dealkylation sites (tertiary alicyclic amines) is 2. The number of carbonyl (C=O) groups is 1. The average Bonchev–Trinajstić information content (AvgIpc) is 2.98. The topological polar surface area (TPSA) is 74.0 Å². The predicted octanol–water partition coefficient (Wildman–Crippen LogP) is 3.37. The normalized spacial score (nSPS) is 24.0. The summed E-state index contributed by atoms with van der Waals surface area (Å²) in [5, 5.41) is 3.57. The van der Waals surface area contributed by atoms with Crippen LogP contribution in [0.3, 0.4) is 0 Å². The molecule has 1 saturated carbocycles. The van der Waals surface area contributed by atoms with Gasteiger partial charge in [-0.15, -0.1) is 0 Å². The average molecular weight is 420 g/mol. The second kappa shape index (κ2) is 11.9. The molecule has 0 radical (unpaired) electrons. The molecule has 2 saturated heterocycles. The van der Waals surface area contributed by atoms with E-state index in [9.17, 15) is 4.79 Å². The quantitative estimate of drug-likeness (QED) is 0.377. The van der Waals surface area contributed by atoms with Crippen molar-refractivity contribution < 1.29 is 4.79 Å². The summed E-state index contributed by atoms with van der Waals surface area (Å²) in [6.07, 6.45) is 15.4. The minimum Gasteiger partial charge on any atom is -0.369 e. The van der Waals surface area contributed by atoms with Crippen LogP contribution in [0.25, 0.3) is 0 Å². The van der Waals surface area contributed by atoms with Crippen molar-refractivity contribution in [1.82, 2.24) is 15.1 Å². The number of piperidine rings is 2. The third-order valence-electron chi connectivity index (χ3n) is 7.59. The van der Waals surface area contributed by atoms with Gasteiger partial charge < -0.3 is 20.9 Å². The first-order valence-corrected chi connectivity index (χ1v) is 12.7. The van der Waals surface area contributed by atoms with Gasteiger partial charge in [-0.3, -0.25) is 9.79 Å². The van der Waals surface area contributed by atoms with Crippen LogP contribution in [0, 0.1) is 11.3 Å². The maximum absolute atomic E-state index is 11.3. The van der Waals surface area contributed by atoms with Gasteiger partial charge in [-0.1, -0.05) is 25.7 Å². The van der Waals surface area contributed by atoms with Crippen LogP contribution in [0.4, 0.5) is 0 Å². The lowest BCUT2D eigenvalue weighted by molar-refractivity contribution is -0.123. The summed E-state index contributed by atoms with van der Waals surface area (Å²) in [6.45, 7) is 9.52. The summed E-state index contributed by atoms with van der Waals surface area (Å²) in [5.74, 6) is 1.11. The molecule has 0 aromatic heterocycles. The molecule has 3 aliphatic rings. The number of carbonyl (C=O) groups excluding carboxylic acids is 1. The minimum absolute atomic E-state index is 0.0924. The van der Waals surface area contributed by atoms with E-state index in [4.69, 9.17) is 10.7 Å². The van der Waals surface area contributed by atoms with Gasteiger partial charge >= 0.3 is 0 Å². The number of unbranched alkanes of at least 4 members (excludes halogenated alkanes) is 1. The highest BCUT2D eigenvalue weighted by molar-refractivity contribution is 5.80. The van der Waals surface area contributed by atoms with Gasteiger partial charge in [0.05, 0.1) is 0 Å². The summed E-state index contributed by atoms with van der Waals surface area (Å²) in [7, 11) is 0. The van der Waals surface area contributed by atoms with Gasteiger partial charge in [0.1, 0.15) is 0 Å². The number of nitrogens with two attached hydrogens (primary N) is 1. The van der Waals surface area contributed by atoms with E-state index in [-0.39, 0.29) is 11.8 Å². The van der Waals surface area contributed by atoms with Gasteiger partial charge in [0.15, 0.2) is 5.96 Å². The molecule has 3 N–H and O–H groups in total. The van der Waals surface area contributed by atoms with Crippen LogP contribution >= 0.6 is 0 Å². The Kier molecular flexibility index (Phi) is 9.28. The largest absolute Gasteiger partial charge is 0.369 e. The minimum atomic E-state index is -0.122. The first kappa shape index (κ1) is 23.4. The summed E-state index contributed by atoms with van der Waals surface area (Å²) in [6, 6.07) is 0. The lowest BCUT2D eigenvalue weighted by Gasteiger charge is -2.44. The lowest BCUT2D eigenvalue weighted by atomic mass is 9.74. The van der Waals surface area contributed by atoms with Crippen molar-refractivity contribution in [3.8, 4) is 0 Å². The van der Waals surface area contributed by atoms with Crippen LogP contribution in [0.2, 0.25) is 0 Å². The van der Waals surface area contributed by atoms with Crippen LogP contribution in [-0.2, 0) is 4.79 Å². The zero-order valence-corrected chi connectivity index (χ0v) is 19.3. The van der Waals surface area contributed by atoms with Crippen LogP contribution in [0.5, 0.6) is 0 Å². The number of hydrogen-bond donors (Lipinski definition) is 2. The van der Waals surface area contributed by atoms with Crippen LogP contribution in [-0.4, -0.2) is 67.5 Å². The highest BCUT2D eigenvalue weighted by atomic mass is 16.1. The molecule has 1 amide bonds. The Morgan fingerprint density at radius 2 is 1.73 bits per heavy atom. The highest BCUT2D eigenvalue weighted by Crippen LogP contribution is 2.42. The number of nitrogens with one attached hydrogen (secondary N) is 1. The summed E-state index contributed by atoms with van der Waals surface area (Å²) in [5.41, 5.74) is 5.98. The number of hydrogen-bond acceptors (Lipinski definition) is 3. The molecule has 3 rings (SSSR count). The SMILES string of the molecule is CCNC(=NCCCCN1CCC(C(N)=O)CC1)N1CCCC2(CCCCCC2)C1. The maximum atomic E-state index is 11.3. The van der Waals surface area contributed by atoms with Gasteiger partial charge in [-0.2, -0.15) is 0 Å². The molecule has 2 aliphatic heterocycles. The van der Waals surface area contributed by atoms with Gasteiger partial charge in [-0.25, -0.2) is 0 Å². The third-order valence-corrected chi connectivity index (χ3v) is 7.59. The van der Waals surface area contributed by atoms with Crippen molar-refractivity contribution in [1.29, 1.82) is 0 Å². The predicted molar refractivity (Wildman–Crippen MR) is 125 cm³/mol. The molecule has 1 spiro atoms. The fraction of sp³-hybridized carbons (Fsp3) is 0.917. The standard InChI is InChI=1S/C24H45N5O/c1-2-26-23(29-17-9-14-24(20-29)12-5-3-4-6-13-24)27-15-7-8-16-28-18-10-21(11-19-28)22(25)30/h21H,2-20H2,1H3,(H2,25,30)(H,26,27). The van der Waals surface area contributed by atoms with Crippen LogP contribution in [0.15, 0.2) is 4.99 Å². The Balaban J connectivity index is 1.42. The molecule has 6 heteroatoms. The van der Waals surface area contributed by atoms with E-state index in [1.807, 2.05) is 0 Å². The molecule has 0 bridgehead atoms. The van der Waals surface area contributed by atoms with Crippen molar-refractivity contribution in [2.45, 2.75) is 84.0 Å².